The van der Waals surface area contributed by atoms with E-state index in [0.29, 0.717) is 0 Å². The van der Waals surface area contributed by atoms with Gasteiger partial charge in [0, 0.05) is 6.04 Å². The Morgan fingerprint density at radius 2 is 1.26 bits per heavy atom. The molecule has 4 heteroatoms. The molecule has 0 bridgehead atoms. The van der Waals surface area contributed by atoms with Gasteiger partial charge in [0.2, 0.25) is 0 Å². The van der Waals surface area contributed by atoms with Gasteiger partial charge in [-0.3, -0.25) is 0 Å². The van der Waals surface area contributed by atoms with E-state index in [0.717, 1.165) is 19.4 Å². The van der Waals surface area contributed by atoms with E-state index >= 15 is 0 Å². The van der Waals surface area contributed by atoms with Crippen molar-refractivity contribution in [3.8, 4) is 0 Å². The minimum absolute atomic E-state index is 0.0265. The molecule has 0 radical (unpaired) electrons. The Balaban J connectivity index is 1.96. The quantitative estimate of drug-likeness (QED) is 0.415. The van der Waals surface area contributed by atoms with E-state index < -0.39 is 18.3 Å². The number of hydrogen-bond acceptors (Lipinski definition) is 4. The lowest BCUT2D eigenvalue weighted by Gasteiger charge is -2.39. The van der Waals surface area contributed by atoms with Crippen molar-refractivity contribution < 1.29 is 15.3 Å². The molecule has 0 spiro atoms. The lowest BCUT2D eigenvalue weighted by molar-refractivity contribution is -0.119. The van der Waals surface area contributed by atoms with Gasteiger partial charge >= 0.3 is 0 Å². The van der Waals surface area contributed by atoms with Crippen LogP contribution in [0.15, 0.2) is 0 Å². The number of hydrogen-bond donors (Lipinski definition) is 4. The van der Waals surface area contributed by atoms with Crippen molar-refractivity contribution in [2.75, 3.05) is 6.54 Å². The zero-order chi connectivity index (χ0) is 17.1. The smallest absolute Gasteiger partial charge is 0.107 e. The highest BCUT2D eigenvalue weighted by Crippen LogP contribution is 2.25. The van der Waals surface area contributed by atoms with Crippen molar-refractivity contribution in [1.82, 2.24) is 5.32 Å². The van der Waals surface area contributed by atoms with Crippen LogP contribution >= 0.6 is 0 Å². The predicted molar refractivity (Wildman–Crippen MR) is 95.4 cm³/mol. The number of aliphatic hydroxyl groups excluding tert-OH is 3. The minimum atomic E-state index is -1.02. The Bertz CT molecular complexity index is 288. The second kappa shape index (κ2) is 12.2. The fraction of sp³-hybridized carbons (Fsp3) is 1.00. The molecule has 0 aromatic rings. The molecule has 4 N–H and O–H groups in total. The summed E-state index contributed by atoms with van der Waals surface area (Å²) < 4.78 is 0. The van der Waals surface area contributed by atoms with Gasteiger partial charge in [-0.1, -0.05) is 71.6 Å². The van der Waals surface area contributed by atoms with Crippen LogP contribution in [0.3, 0.4) is 0 Å². The molecule has 4 nitrogen and oxygen atoms in total. The topological polar surface area (TPSA) is 72.7 Å². The number of rotatable bonds is 12. The van der Waals surface area contributed by atoms with Crippen LogP contribution in [0.2, 0.25) is 0 Å². The first-order valence-electron chi connectivity index (χ1n) is 9.85. The summed E-state index contributed by atoms with van der Waals surface area (Å²) in [6.07, 6.45) is 11.2. The van der Waals surface area contributed by atoms with E-state index in [1.165, 1.54) is 57.8 Å². The molecule has 0 amide bonds. The van der Waals surface area contributed by atoms with Gasteiger partial charge < -0.3 is 20.6 Å². The van der Waals surface area contributed by atoms with Crippen LogP contribution in [0.25, 0.3) is 0 Å². The van der Waals surface area contributed by atoms with Crippen LogP contribution in [-0.4, -0.2) is 46.2 Å². The van der Waals surface area contributed by atoms with Crippen molar-refractivity contribution in [2.45, 2.75) is 109 Å². The number of nitrogens with one attached hydrogen (secondary N) is 1. The van der Waals surface area contributed by atoms with E-state index in [9.17, 15) is 15.3 Å². The van der Waals surface area contributed by atoms with Gasteiger partial charge in [0.05, 0.1) is 12.2 Å². The summed E-state index contributed by atoms with van der Waals surface area (Å²) in [5, 5.41) is 33.0. The Hall–Kier alpha value is -0.160. The highest BCUT2D eigenvalue weighted by molar-refractivity contribution is 4.94. The molecule has 0 aliphatic heterocycles. The third-order valence-corrected chi connectivity index (χ3v) is 5.26. The zero-order valence-corrected chi connectivity index (χ0v) is 15.2. The van der Waals surface area contributed by atoms with Crippen molar-refractivity contribution in [3.63, 3.8) is 0 Å². The molecule has 23 heavy (non-hydrogen) atoms. The molecular formula is C19H39NO3. The molecule has 1 fully saturated rings. The van der Waals surface area contributed by atoms with Crippen molar-refractivity contribution in [1.29, 1.82) is 0 Å². The molecule has 0 unspecified atom stereocenters. The summed E-state index contributed by atoms with van der Waals surface area (Å²) in [4.78, 5) is 0. The molecule has 138 valence electrons. The number of aliphatic hydroxyl groups is 3. The maximum Gasteiger partial charge on any atom is 0.107 e. The second-order valence-corrected chi connectivity index (χ2v) is 7.43. The van der Waals surface area contributed by atoms with E-state index in [2.05, 4.69) is 12.2 Å². The summed E-state index contributed by atoms with van der Waals surface area (Å²) in [6, 6.07) is -0.0954. The lowest BCUT2D eigenvalue weighted by atomic mass is 9.80. The van der Waals surface area contributed by atoms with Crippen LogP contribution in [0.1, 0.15) is 84.5 Å². The fourth-order valence-electron chi connectivity index (χ4n) is 3.56. The first-order chi connectivity index (χ1) is 11.1. The van der Waals surface area contributed by atoms with Gasteiger partial charge in [-0.15, -0.1) is 0 Å². The first kappa shape index (κ1) is 20.9. The second-order valence-electron chi connectivity index (χ2n) is 7.43. The SMILES string of the molecule is CCCCCCCCCCCCN[C@@H]1C[C@H](C)[C@H](O)[C@H](O)[C@H]1O. The normalized spacial score (nSPS) is 31.4. The maximum atomic E-state index is 10.0. The molecular weight excluding hydrogens is 290 g/mol. The molecule has 1 rings (SSSR count). The highest BCUT2D eigenvalue weighted by atomic mass is 16.4. The summed E-state index contributed by atoms with van der Waals surface area (Å²) in [5.74, 6) is 0.0265. The highest BCUT2D eigenvalue weighted by Gasteiger charge is 2.40. The van der Waals surface area contributed by atoms with E-state index in [1.807, 2.05) is 6.92 Å². The molecule has 1 aliphatic rings. The van der Waals surface area contributed by atoms with Gasteiger partial charge in [0.25, 0.3) is 0 Å². The first-order valence-corrected chi connectivity index (χ1v) is 9.85. The van der Waals surface area contributed by atoms with Crippen LogP contribution in [0.4, 0.5) is 0 Å². The summed E-state index contributed by atoms with van der Waals surface area (Å²) in [6.45, 7) is 5.06. The van der Waals surface area contributed by atoms with E-state index in [-0.39, 0.29) is 12.0 Å². The van der Waals surface area contributed by atoms with Crippen molar-refractivity contribution >= 4 is 0 Å². The molecule has 1 aliphatic carbocycles. The molecule has 0 aromatic carbocycles. The van der Waals surface area contributed by atoms with Crippen LogP contribution < -0.4 is 5.32 Å². The molecule has 5 atom stereocenters. The largest absolute Gasteiger partial charge is 0.390 e. The van der Waals surface area contributed by atoms with E-state index in [4.69, 9.17) is 0 Å². The van der Waals surface area contributed by atoms with Crippen molar-refractivity contribution in [3.05, 3.63) is 0 Å². The minimum Gasteiger partial charge on any atom is -0.390 e. The van der Waals surface area contributed by atoms with Crippen molar-refractivity contribution in [2.24, 2.45) is 5.92 Å². The Labute approximate surface area is 142 Å². The van der Waals surface area contributed by atoms with E-state index in [1.54, 1.807) is 0 Å². The molecule has 0 aromatic heterocycles. The average Bonchev–Trinajstić information content (AvgIpc) is 2.55. The molecule has 0 heterocycles. The molecule has 0 saturated heterocycles. The number of unbranched alkanes of at least 4 members (excludes halogenated alkanes) is 9. The van der Waals surface area contributed by atoms with Gasteiger partial charge in [-0.25, -0.2) is 0 Å². The summed E-state index contributed by atoms with van der Waals surface area (Å²) >= 11 is 0. The Morgan fingerprint density at radius 1 is 0.739 bits per heavy atom. The average molecular weight is 330 g/mol. The summed E-state index contributed by atoms with van der Waals surface area (Å²) in [5.41, 5.74) is 0. The Kier molecular flexibility index (Phi) is 11.1. The predicted octanol–water partition coefficient (Wildman–Crippen LogP) is 2.99. The standard InChI is InChI=1S/C19H39NO3/c1-3-4-5-6-7-8-9-10-11-12-13-20-16-14-15(2)17(21)19(23)18(16)22/h15-23H,3-14H2,1-2H3/t15-,16+,17-,18-,19-/m0/s1. The van der Waals surface area contributed by atoms with Crippen LogP contribution in [0.5, 0.6) is 0 Å². The fourth-order valence-corrected chi connectivity index (χ4v) is 3.56. The van der Waals surface area contributed by atoms with Crippen LogP contribution in [0, 0.1) is 5.92 Å². The molecule has 1 saturated carbocycles. The van der Waals surface area contributed by atoms with Gasteiger partial charge in [0.1, 0.15) is 6.10 Å². The van der Waals surface area contributed by atoms with Crippen LogP contribution in [-0.2, 0) is 0 Å². The third kappa shape index (κ3) is 7.97. The Morgan fingerprint density at radius 3 is 1.83 bits per heavy atom. The van der Waals surface area contributed by atoms with Gasteiger partial charge in [-0.2, -0.15) is 0 Å². The third-order valence-electron chi connectivity index (χ3n) is 5.26. The lowest BCUT2D eigenvalue weighted by Crippen LogP contribution is -2.57. The summed E-state index contributed by atoms with van der Waals surface area (Å²) in [7, 11) is 0. The zero-order valence-electron chi connectivity index (χ0n) is 15.2. The van der Waals surface area contributed by atoms with Gasteiger partial charge in [-0.05, 0) is 25.3 Å². The monoisotopic (exact) mass is 329 g/mol. The maximum absolute atomic E-state index is 10.0. The van der Waals surface area contributed by atoms with Gasteiger partial charge in [0.15, 0.2) is 0 Å².